The summed E-state index contributed by atoms with van der Waals surface area (Å²) in [5.74, 6) is 0.610. The van der Waals surface area contributed by atoms with Gasteiger partial charge in [0.2, 0.25) is 0 Å². The molecule has 1 aromatic carbocycles. The summed E-state index contributed by atoms with van der Waals surface area (Å²) in [6, 6.07) is 7.43. The molecule has 0 saturated carbocycles. The van der Waals surface area contributed by atoms with Gasteiger partial charge >= 0.3 is 0 Å². The van der Waals surface area contributed by atoms with Crippen LogP contribution >= 0.6 is 35.6 Å². The Morgan fingerprint density at radius 1 is 1.41 bits per heavy atom. The van der Waals surface area contributed by atoms with E-state index in [2.05, 4.69) is 4.98 Å². The van der Waals surface area contributed by atoms with Crippen LogP contribution in [-0.2, 0) is 4.79 Å². The third-order valence-corrected chi connectivity index (χ3v) is 5.06. The first kappa shape index (κ1) is 15.3. The summed E-state index contributed by atoms with van der Waals surface area (Å²) in [6.45, 7) is 0. The lowest BCUT2D eigenvalue weighted by Gasteiger charge is -2.06. The largest absolute Gasteiger partial charge is 0.497 e. The van der Waals surface area contributed by atoms with Crippen LogP contribution in [0.25, 0.3) is 17.0 Å². The summed E-state index contributed by atoms with van der Waals surface area (Å²) in [5.41, 5.74) is 1.45. The van der Waals surface area contributed by atoms with Crippen molar-refractivity contribution in [3.8, 4) is 5.75 Å². The molecular weight excluding hydrogens is 340 g/mol. The van der Waals surface area contributed by atoms with E-state index < -0.39 is 0 Å². The number of pyridine rings is 1. The van der Waals surface area contributed by atoms with Gasteiger partial charge in [-0.2, -0.15) is 0 Å². The number of benzene rings is 1. The van der Waals surface area contributed by atoms with Gasteiger partial charge in [-0.25, -0.2) is 4.98 Å². The number of halogens is 1. The van der Waals surface area contributed by atoms with E-state index >= 15 is 0 Å². The predicted octanol–water partition coefficient (Wildman–Crippen LogP) is 3.73. The molecule has 0 spiro atoms. The number of likely N-dealkylation sites (N-methyl/N-ethyl adjacent to an activating group) is 1. The van der Waals surface area contributed by atoms with E-state index in [-0.39, 0.29) is 5.91 Å². The van der Waals surface area contributed by atoms with Crippen LogP contribution in [0.15, 0.2) is 29.2 Å². The highest BCUT2D eigenvalue weighted by molar-refractivity contribution is 8.26. The third kappa shape index (κ3) is 2.69. The van der Waals surface area contributed by atoms with Crippen LogP contribution in [0.3, 0.4) is 0 Å². The minimum absolute atomic E-state index is 0.128. The molecule has 1 aliphatic rings. The lowest BCUT2D eigenvalue weighted by Crippen LogP contribution is -2.22. The number of thioether (sulfide) groups is 1. The van der Waals surface area contributed by atoms with Crippen molar-refractivity contribution >= 4 is 62.8 Å². The average molecular weight is 351 g/mol. The van der Waals surface area contributed by atoms with Gasteiger partial charge in [0.25, 0.3) is 5.91 Å². The summed E-state index contributed by atoms with van der Waals surface area (Å²) in [4.78, 5) is 18.4. The molecule has 112 valence electrons. The molecule has 1 aliphatic heterocycles. The standard InChI is InChI=1S/C15H11ClN2O2S2/c1-18-14(19)12(22-15(18)21)7-9-5-8-6-10(20-2)3-4-11(8)17-13(9)16/h3-7H,1-2H3/b12-7-. The van der Waals surface area contributed by atoms with E-state index in [4.69, 9.17) is 28.6 Å². The van der Waals surface area contributed by atoms with Crippen LogP contribution in [0.2, 0.25) is 5.15 Å². The summed E-state index contributed by atoms with van der Waals surface area (Å²) in [6.07, 6.45) is 1.72. The van der Waals surface area contributed by atoms with Gasteiger partial charge in [-0.15, -0.1) is 0 Å². The van der Waals surface area contributed by atoms with E-state index in [1.54, 1.807) is 20.2 Å². The number of amides is 1. The van der Waals surface area contributed by atoms with E-state index in [0.29, 0.717) is 19.9 Å². The maximum Gasteiger partial charge on any atom is 0.265 e. The first-order valence-electron chi connectivity index (χ1n) is 6.35. The number of nitrogens with zero attached hydrogens (tertiary/aromatic N) is 2. The Kier molecular flexibility index (Phi) is 4.08. The smallest absolute Gasteiger partial charge is 0.265 e. The van der Waals surface area contributed by atoms with Crippen molar-refractivity contribution in [2.24, 2.45) is 0 Å². The molecule has 0 bridgehead atoms. The lowest BCUT2D eigenvalue weighted by atomic mass is 10.1. The van der Waals surface area contributed by atoms with Crippen molar-refractivity contribution in [1.29, 1.82) is 0 Å². The van der Waals surface area contributed by atoms with Gasteiger partial charge in [-0.05, 0) is 30.3 Å². The van der Waals surface area contributed by atoms with Crippen molar-refractivity contribution in [3.63, 3.8) is 0 Å². The zero-order chi connectivity index (χ0) is 15.9. The maximum atomic E-state index is 12.1. The highest BCUT2D eigenvalue weighted by atomic mass is 35.5. The van der Waals surface area contributed by atoms with Gasteiger partial charge < -0.3 is 4.74 Å². The Bertz CT molecular complexity index is 836. The number of hydrogen-bond donors (Lipinski definition) is 0. The molecule has 4 nitrogen and oxygen atoms in total. The number of rotatable bonds is 2. The molecule has 2 aromatic rings. The van der Waals surface area contributed by atoms with Crippen molar-refractivity contribution in [2.75, 3.05) is 14.2 Å². The van der Waals surface area contributed by atoms with E-state index in [1.165, 1.54) is 16.7 Å². The van der Waals surface area contributed by atoms with Crippen LogP contribution in [0.1, 0.15) is 5.56 Å². The molecular formula is C15H11ClN2O2S2. The fraction of sp³-hybridized carbons (Fsp3) is 0.133. The highest BCUT2D eigenvalue weighted by Gasteiger charge is 2.28. The Labute approximate surface area is 142 Å². The number of hydrogen-bond acceptors (Lipinski definition) is 5. The fourth-order valence-corrected chi connectivity index (χ4v) is 3.43. The Hall–Kier alpha value is -1.63. The van der Waals surface area contributed by atoms with Gasteiger partial charge in [0, 0.05) is 18.0 Å². The maximum absolute atomic E-state index is 12.1. The quantitative estimate of drug-likeness (QED) is 0.469. The Morgan fingerprint density at radius 3 is 2.82 bits per heavy atom. The van der Waals surface area contributed by atoms with E-state index in [9.17, 15) is 4.79 Å². The second-order valence-electron chi connectivity index (χ2n) is 4.67. The molecule has 1 aromatic heterocycles. The Balaban J connectivity index is 2.09. The number of carbonyl (C=O) groups excluding carboxylic acids is 1. The van der Waals surface area contributed by atoms with Crippen molar-refractivity contribution in [2.45, 2.75) is 0 Å². The van der Waals surface area contributed by atoms with Gasteiger partial charge in [0.05, 0.1) is 17.5 Å². The average Bonchev–Trinajstić information content (AvgIpc) is 2.75. The van der Waals surface area contributed by atoms with Gasteiger partial charge in [-0.1, -0.05) is 35.6 Å². The molecule has 0 N–H and O–H groups in total. The number of fused-ring (bicyclic) bond motifs is 1. The monoisotopic (exact) mass is 350 g/mol. The summed E-state index contributed by atoms with van der Waals surface area (Å²) < 4.78 is 5.74. The predicted molar refractivity (Wildman–Crippen MR) is 94.2 cm³/mol. The van der Waals surface area contributed by atoms with E-state index in [0.717, 1.165) is 16.7 Å². The number of methoxy groups -OCH3 is 1. The van der Waals surface area contributed by atoms with Crippen molar-refractivity contribution in [1.82, 2.24) is 9.88 Å². The second-order valence-corrected chi connectivity index (χ2v) is 6.70. The van der Waals surface area contributed by atoms with Gasteiger partial charge in [0.15, 0.2) is 0 Å². The summed E-state index contributed by atoms with van der Waals surface area (Å²) >= 11 is 12.6. The molecule has 0 unspecified atom stereocenters. The minimum Gasteiger partial charge on any atom is -0.497 e. The molecule has 0 atom stereocenters. The third-order valence-electron chi connectivity index (χ3n) is 3.28. The van der Waals surface area contributed by atoms with Gasteiger partial charge in [0.1, 0.15) is 15.2 Å². The lowest BCUT2D eigenvalue weighted by molar-refractivity contribution is -0.121. The molecule has 7 heteroatoms. The topological polar surface area (TPSA) is 42.4 Å². The number of thiocarbonyl (C=S) groups is 1. The minimum atomic E-state index is -0.128. The highest BCUT2D eigenvalue weighted by Crippen LogP contribution is 2.33. The molecule has 1 amide bonds. The number of ether oxygens (including phenoxy) is 1. The molecule has 1 saturated heterocycles. The molecule has 0 aliphatic carbocycles. The first-order chi connectivity index (χ1) is 10.5. The van der Waals surface area contributed by atoms with Gasteiger partial charge in [-0.3, -0.25) is 9.69 Å². The molecule has 22 heavy (non-hydrogen) atoms. The van der Waals surface area contributed by atoms with Crippen molar-refractivity contribution in [3.05, 3.63) is 39.9 Å². The zero-order valence-corrected chi connectivity index (χ0v) is 14.2. The second kappa shape index (κ2) is 5.87. The zero-order valence-electron chi connectivity index (χ0n) is 11.8. The van der Waals surface area contributed by atoms with Crippen LogP contribution in [0.5, 0.6) is 5.75 Å². The fourth-order valence-electron chi connectivity index (χ4n) is 2.06. The van der Waals surface area contributed by atoms with Crippen LogP contribution in [-0.4, -0.2) is 34.3 Å². The van der Waals surface area contributed by atoms with Crippen molar-refractivity contribution < 1.29 is 9.53 Å². The molecule has 1 fully saturated rings. The Morgan fingerprint density at radius 2 is 2.18 bits per heavy atom. The molecule has 2 heterocycles. The number of carbonyl (C=O) groups is 1. The van der Waals surface area contributed by atoms with Crippen LogP contribution in [0, 0.1) is 0 Å². The molecule has 0 radical (unpaired) electrons. The molecule has 3 rings (SSSR count). The van der Waals surface area contributed by atoms with Crippen LogP contribution < -0.4 is 4.74 Å². The summed E-state index contributed by atoms with van der Waals surface area (Å²) in [7, 11) is 3.27. The summed E-state index contributed by atoms with van der Waals surface area (Å²) in [5, 5.41) is 1.24. The first-order valence-corrected chi connectivity index (χ1v) is 7.95. The normalized spacial score (nSPS) is 16.9. The SMILES string of the molecule is COc1ccc2nc(Cl)c(/C=C3\SC(=S)N(C)C3=O)cc2c1. The van der Waals surface area contributed by atoms with E-state index in [1.807, 2.05) is 24.3 Å². The van der Waals surface area contributed by atoms with Crippen LogP contribution in [0.4, 0.5) is 0 Å². The number of aromatic nitrogens is 1.